The molecule has 1 fully saturated rings. The number of sulfonamides is 1. The number of nitrogen functional groups attached to an aromatic ring is 1. The molecule has 108 valence electrons. The number of nitrogens with zero attached hydrogens (tertiary/aromatic N) is 1. The Balaban J connectivity index is 2.48. The molecular weight excluding hydrogens is 306 g/mol. The number of hydrogen-bond donors (Lipinski definition) is 2. The van der Waals surface area contributed by atoms with Gasteiger partial charge < -0.3 is 5.73 Å². The molecule has 0 bridgehead atoms. The van der Waals surface area contributed by atoms with Crippen molar-refractivity contribution in [3.63, 3.8) is 0 Å². The van der Waals surface area contributed by atoms with Crippen LogP contribution >= 0.6 is 11.6 Å². The topological polar surface area (TPSA) is 110 Å². The van der Waals surface area contributed by atoms with E-state index in [2.05, 4.69) is 5.32 Å². The minimum atomic E-state index is -4.06. The summed E-state index contributed by atoms with van der Waals surface area (Å²) >= 11 is 5.72. The molecule has 0 aromatic heterocycles. The largest absolute Gasteiger partial charge is 0.398 e. The van der Waals surface area contributed by atoms with E-state index in [-0.39, 0.29) is 10.6 Å². The van der Waals surface area contributed by atoms with Crippen LogP contribution in [0.25, 0.3) is 0 Å². The number of piperazine rings is 1. The van der Waals surface area contributed by atoms with Crippen LogP contribution in [0.1, 0.15) is 6.92 Å². The van der Waals surface area contributed by atoms with Crippen LogP contribution in [0, 0.1) is 0 Å². The van der Waals surface area contributed by atoms with Gasteiger partial charge in [0.25, 0.3) is 0 Å². The van der Waals surface area contributed by atoms with Crippen molar-refractivity contribution in [3.05, 3.63) is 23.2 Å². The first-order valence-electron chi connectivity index (χ1n) is 5.64. The van der Waals surface area contributed by atoms with Crippen molar-refractivity contribution in [3.8, 4) is 0 Å². The maximum absolute atomic E-state index is 12.5. The lowest BCUT2D eigenvalue weighted by atomic mass is 10.2. The molecule has 1 aliphatic rings. The van der Waals surface area contributed by atoms with Crippen LogP contribution in [0.2, 0.25) is 5.02 Å². The molecule has 20 heavy (non-hydrogen) atoms. The van der Waals surface area contributed by atoms with E-state index < -0.39 is 34.4 Å². The van der Waals surface area contributed by atoms with Crippen LogP contribution in [0.5, 0.6) is 0 Å². The number of rotatable bonds is 2. The average molecular weight is 318 g/mol. The Morgan fingerprint density at radius 1 is 1.40 bits per heavy atom. The molecule has 2 rings (SSSR count). The maximum Gasteiger partial charge on any atom is 0.246 e. The molecule has 7 nitrogen and oxygen atoms in total. The van der Waals surface area contributed by atoms with Crippen molar-refractivity contribution < 1.29 is 18.0 Å². The van der Waals surface area contributed by atoms with Gasteiger partial charge in [-0.2, -0.15) is 4.31 Å². The SMILES string of the molecule is CC1C(=O)NC(=O)CN1S(=O)(=O)c1ccc(Cl)cc1N. The van der Waals surface area contributed by atoms with E-state index in [1.807, 2.05) is 0 Å². The molecule has 1 unspecified atom stereocenters. The third-order valence-corrected chi connectivity index (χ3v) is 5.16. The molecule has 1 aliphatic heterocycles. The highest BCUT2D eigenvalue weighted by Gasteiger charge is 2.39. The highest BCUT2D eigenvalue weighted by molar-refractivity contribution is 7.89. The van der Waals surface area contributed by atoms with Gasteiger partial charge in [0.2, 0.25) is 21.8 Å². The first-order chi connectivity index (χ1) is 9.23. The van der Waals surface area contributed by atoms with Crippen LogP contribution in [-0.2, 0) is 19.6 Å². The van der Waals surface area contributed by atoms with Crippen molar-refractivity contribution in [1.29, 1.82) is 0 Å². The maximum atomic E-state index is 12.5. The van der Waals surface area contributed by atoms with Crippen molar-refractivity contribution in [1.82, 2.24) is 9.62 Å². The van der Waals surface area contributed by atoms with E-state index in [1.54, 1.807) is 0 Å². The van der Waals surface area contributed by atoms with E-state index in [4.69, 9.17) is 17.3 Å². The molecule has 1 atom stereocenters. The summed E-state index contributed by atoms with van der Waals surface area (Å²) in [7, 11) is -4.06. The third-order valence-electron chi connectivity index (χ3n) is 2.93. The molecule has 0 saturated carbocycles. The van der Waals surface area contributed by atoms with E-state index in [0.29, 0.717) is 5.02 Å². The van der Waals surface area contributed by atoms with Gasteiger partial charge in [0.15, 0.2) is 0 Å². The van der Waals surface area contributed by atoms with Crippen LogP contribution in [-0.4, -0.2) is 37.1 Å². The van der Waals surface area contributed by atoms with Crippen molar-refractivity contribution in [2.45, 2.75) is 17.9 Å². The first-order valence-corrected chi connectivity index (χ1v) is 7.46. The number of hydrogen-bond acceptors (Lipinski definition) is 5. The second kappa shape index (κ2) is 5.04. The predicted molar refractivity (Wildman–Crippen MR) is 72.4 cm³/mol. The van der Waals surface area contributed by atoms with Gasteiger partial charge in [-0.1, -0.05) is 11.6 Å². The highest BCUT2D eigenvalue weighted by atomic mass is 35.5. The van der Waals surface area contributed by atoms with Gasteiger partial charge in [-0.05, 0) is 25.1 Å². The lowest BCUT2D eigenvalue weighted by molar-refractivity contribution is -0.136. The number of anilines is 1. The lowest BCUT2D eigenvalue weighted by Crippen LogP contribution is -2.58. The summed E-state index contributed by atoms with van der Waals surface area (Å²) in [6.07, 6.45) is 0. The van der Waals surface area contributed by atoms with Gasteiger partial charge in [0.1, 0.15) is 10.9 Å². The van der Waals surface area contributed by atoms with E-state index in [9.17, 15) is 18.0 Å². The second-order valence-corrected chi connectivity index (χ2v) is 6.62. The Morgan fingerprint density at radius 2 is 2.05 bits per heavy atom. The fourth-order valence-electron chi connectivity index (χ4n) is 1.86. The summed E-state index contributed by atoms with van der Waals surface area (Å²) in [4.78, 5) is 22.7. The number of imide groups is 1. The van der Waals surface area contributed by atoms with Crippen molar-refractivity contribution >= 4 is 39.1 Å². The number of amides is 2. The minimum Gasteiger partial charge on any atom is -0.398 e. The summed E-state index contributed by atoms with van der Waals surface area (Å²) in [6, 6.07) is 2.93. The standard InChI is InChI=1S/C11H12ClN3O4S/c1-6-11(17)14-10(16)5-15(6)20(18,19)9-3-2-7(12)4-8(9)13/h2-4,6H,5,13H2,1H3,(H,14,16,17). The van der Waals surface area contributed by atoms with Crippen LogP contribution in [0.4, 0.5) is 5.69 Å². The van der Waals surface area contributed by atoms with E-state index in [0.717, 1.165) is 4.31 Å². The fraction of sp³-hybridized carbons (Fsp3) is 0.273. The molecule has 9 heteroatoms. The van der Waals surface area contributed by atoms with Crippen LogP contribution in [0.15, 0.2) is 23.1 Å². The molecule has 3 N–H and O–H groups in total. The summed E-state index contributed by atoms with van der Waals surface area (Å²) in [5.74, 6) is -1.35. The van der Waals surface area contributed by atoms with Gasteiger partial charge in [0, 0.05) is 5.02 Å². The summed E-state index contributed by atoms with van der Waals surface area (Å²) in [5, 5.41) is 2.36. The Hall–Kier alpha value is -1.64. The number of halogens is 1. The molecule has 1 aromatic rings. The zero-order valence-electron chi connectivity index (χ0n) is 10.5. The molecule has 1 heterocycles. The number of carbonyl (C=O) groups is 2. The van der Waals surface area contributed by atoms with Crippen molar-refractivity contribution in [2.75, 3.05) is 12.3 Å². The molecule has 0 aliphatic carbocycles. The number of nitrogens with two attached hydrogens (primary N) is 1. The van der Waals surface area contributed by atoms with E-state index >= 15 is 0 Å². The second-order valence-electron chi connectivity index (χ2n) is 4.32. The highest BCUT2D eigenvalue weighted by Crippen LogP contribution is 2.27. The van der Waals surface area contributed by atoms with Gasteiger partial charge in [-0.3, -0.25) is 14.9 Å². The molecule has 0 radical (unpaired) electrons. The quantitative estimate of drug-likeness (QED) is 0.587. The Morgan fingerprint density at radius 3 is 2.65 bits per heavy atom. The predicted octanol–water partition coefficient (Wildman–Crippen LogP) is -0.0422. The van der Waals surface area contributed by atoms with Gasteiger partial charge >= 0.3 is 0 Å². The summed E-state index contributed by atoms with van der Waals surface area (Å²) < 4.78 is 25.8. The third kappa shape index (κ3) is 2.49. The Labute approximate surface area is 120 Å². The molecule has 2 amide bonds. The normalized spacial score (nSPS) is 20.8. The summed E-state index contributed by atoms with van der Waals surface area (Å²) in [5.41, 5.74) is 5.61. The monoisotopic (exact) mass is 317 g/mol. The smallest absolute Gasteiger partial charge is 0.246 e. The zero-order chi connectivity index (χ0) is 15.1. The van der Waals surface area contributed by atoms with Crippen LogP contribution in [0.3, 0.4) is 0 Å². The Bertz CT molecular complexity index is 689. The van der Waals surface area contributed by atoms with E-state index in [1.165, 1.54) is 25.1 Å². The van der Waals surface area contributed by atoms with Crippen LogP contribution < -0.4 is 11.1 Å². The minimum absolute atomic E-state index is 0.0388. The number of nitrogens with one attached hydrogen (secondary N) is 1. The van der Waals surface area contributed by atoms with Gasteiger partial charge in [-0.25, -0.2) is 8.42 Å². The number of carbonyl (C=O) groups excluding carboxylic acids is 2. The molecular formula is C11H12ClN3O4S. The lowest BCUT2D eigenvalue weighted by Gasteiger charge is -2.30. The average Bonchev–Trinajstić information content (AvgIpc) is 2.33. The molecule has 1 aromatic carbocycles. The summed E-state index contributed by atoms with van der Waals surface area (Å²) in [6.45, 7) is 0.961. The molecule has 0 spiro atoms. The Kier molecular flexibility index (Phi) is 3.72. The number of benzene rings is 1. The van der Waals surface area contributed by atoms with Gasteiger partial charge in [-0.15, -0.1) is 0 Å². The van der Waals surface area contributed by atoms with Gasteiger partial charge in [0.05, 0.1) is 12.2 Å². The molecule has 1 saturated heterocycles. The fourth-order valence-corrected chi connectivity index (χ4v) is 3.69. The zero-order valence-corrected chi connectivity index (χ0v) is 12.0. The van der Waals surface area contributed by atoms with Crippen molar-refractivity contribution in [2.24, 2.45) is 0 Å². The first kappa shape index (κ1) is 14.8.